The molecule has 0 radical (unpaired) electrons. The summed E-state index contributed by atoms with van der Waals surface area (Å²) in [6.07, 6.45) is 1.98. The number of hydrogen-bond acceptors (Lipinski definition) is 2. The van der Waals surface area contributed by atoms with Crippen molar-refractivity contribution in [2.45, 2.75) is 19.9 Å². The van der Waals surface area contributed by atoms with Crippen LogP contribution in [0.5, 0.6) is 0 Å². The SMILES string of the molecule is CCNC(c1ccc(C)cc1)c1ccn(C)n1. The van der Waals surface area contributed by atoms with Gasteiger partial charge >= 0.3 is 0 Å². The lowest BCUT2D eigenvalue weighted by Gasteiger charge is -2.16. The molecule has 3 heteroatoms. The van der Waals surface area contributed by atoms with Gasteiger partial charge in [-0.2, -0.15) is 5.10 Å². The van der Waals surface area contributed by atoms with Gasteiger partial charge in [-0.25, -0.2) is 0 Å². The third-order valence-corrected chi connectivity index (χ3v) is 2.85. The molecule has 1 aromatic carbocycles. The van der Waals surface area contributed by atoms with Gasteiger partial charge in [0.1, 0.15) is 0 Å². The average Bonchev–Trinajstić information content (AvgIpc) is 2.74. The van der Waals surface area contributed by atoms with Gasteiger partial charge in [0.15, 0.2) is 0 Å². The Morgan fingerprint density at radius 1 is 1.24 bits per heavy atom. The van der Waals surface area contributed by atoms with E-state index in [1.54, 1.807) is 0 Å². The zero-order valence-corrected chi connectivity index (χ0v) is 10.6. The zero-order chi connectivity index (χ0) is 12.3. The Hall–Kier alpha value is -1.61. The predicted molar refractivity (Wildman–Crippen MR) is 69.9 cm³/mol. The molecule has 0 spiro atoms. The molecule has 2 rings (SSSR count). The van der Waals surface area contributed by atoms with Crippen molar-refractivity contribution in [3.63, 3.8) is 0 Å². The minimum atomic E-state index is 0.182. The maximum atomic E-state index is 4.48. The molecule has 0 bridgehead atoms. The van der Waals surface area contributed by atoms with Gasteiger partial charge in [0, 0.05) is 13.2 Å². The van der Waals surface area contributed by atoms with Crippen molar-refractivity contribution in [1.29, 1.82) is 0 Å². The molecule has 0 aliphatic rings. The molecule has 2 aromatic rings. The van der Waals surface area contributed by atoms with Crippen molar-refractivity contribution in [1.82, 2.24) is 15.1 Å². The van der Waals surface area contributed by atoms with E-state index in [0.29, 0.717) is 0 Å². The average molecular weight is 229 g/mol. The lowest BCUT2D eigenvalue weighted by atomic mass is 10.0. The predicted octanol–water partition coefficient (Wildman–Crippen LogP) is 2.43. The molecular weight excluding hydrogens is 210 g/mol. The first kappa shape index (κ1) is 11.9. The molecule has 0 amide bonds. The fourth-order valence-electron chi connectivity index (χ4n) is 1.94. The summed E-state index contributed by atoms with van der Waals surface area (Å²) >= 11 is 0. The molecule has 1 N–H and O–H groups in total. The molecule has 0 aliphatic carbocycles. The molecule has 90 valence electrons. The lowest BCUT2D eigenvalue weighted by molar-refractivity contribution is 0.599. The smallest absolute Gasteiger partial charge is 0.0839 e. The van der Waals surface area contributed by atoms with Crippen LogP contribution in [0.25, 0.3) is 0 Å². The summed E-state index contributed by atoms with van der Waals surface area (Å²) in [7, 11) is 1.95. The number of nitrogens with zero attached hydrogens (tertiary/aromatic N) is 2. The van der Waals surface area contributed by atoms with Crippen LogP contribution in [-0.2, 0) is 7.05 Å². The summed E-state index contributed by atoms with van der Waals surface area (Å²) in [6, 6.07) is 10.9. The third-order valence-electron chi connectivity index (χ3n) is 2.85. The molecule has 1 heterocycles. The van der Waals surface area contributed by atoms with Gasteiger partial charge in [0.25, 0.3) is 0 Å². The van der Waals surface area contributed by atoms with Crippen LogP contribution in [0.3, 0.4) is 0 Å². The Balaban J connectivity index is 2.31. The van der Waals surface area contributed by atoms with Crippen molar-refractivity contribution in [2.75, 3.05) is 6.54 Å². The van der Waals surface area contributed by atoms with Crippen molar-refractivity contribution < 1.29 is 0 Å². The van der Waals surface area contributed by atoms with E-state index in [1.807, 2.05) is 17.9 Å². The summed E-state index contributed by atoms with van der Waals surface area (Å²) in [5.74, 6) is 0. The molecule has 0 aliphatic heterocycles. The Morgan fingerprint density at radius 3 is 2.47 bits per heavy atom. The number of benzene rings is 1. The van der Waals surface area contributed by atoms with Gasteiger partial charge in [-0.1, -0.05) is 36.8 Å². The highest BCUT2D eigenvalue weighted by Crippen LogP contribution is 2.20. The van der Waals surface area contributed by atoms with Gasteiger partial charge in [0.2, 0.25) is 0 Å². The number of rotatable bonds is 4. The molecule has 1 unspecified atom stereocenters. The summed E-state index contributed by atoms with van der Waals surface area (Å²) in [4.78, 5) is 0. The summed E-state index contributed by atoms with van der Waals surface area (Å²) in [5.41, 5.74) is 3.61. The molecular formula is C14H19N3. The highest BCUT2D eigenvalue weighted by molar-refractivity contribution is 5.29. The highest BCUT2D eigenvalue weighted by atomic mass is 15.3. The topological polar surface area (TPSA) is 29.9 Å². The van der Waals surface area contributed by atoms with E-state index in [4.69, 9.17) is 0 Å². The molecule has 1 atom stereocenters. The minimum absolute atomic E-state index is 0.182. The zero-order valence-electron chi connectivity index (χ0n) is 10.6. The minimum Gasteiger partial charge on any atom is -0.305 e. The highest BCUT2D eigenvalue weighted by Gasteiger charge is 2.14. The van der Waals surface area contributed by atoms with Crippen LogP contribution in [0, 0.1) is 6.92 Å². The van der Waals surface area contributed by atoms with Crippen LogP contribution in [0.1, 0.15) is 29.8 Å². The van der Waals surface area contributed by atoms with Gasteiger partial charge in [-0.05, 0) is 25.1 Å². The van der Waals surface area contributed by atoms with Gasteiger partial charge in [0.05, 0.1) is 11.7 Å². The van der Waals surface area contributed by atoms with E-state index >= 15 is 0 Å². The first-order valence-corrected chi connectivity index (χ1v) is 6.00. The molecule has 3 nitrogen and oxygen atoms in total. The van der Waals surface area contributed by atoms with Crippen molar-refractivity contribution >= 4 is 0 Å². The summed E-state index contributed by atoms with van der Waals surface area (Å²) in [5, 5.41) is 7.95. The fourth-order valence-corrected chi connectivity index (χ4v) is 1.94. The van der Waals surface area contributed by atoms with Crippen molar-refractivity contribution in [2.24, 2.45) is 7.05 Å². The largest absolute Gasteiger partial charge is 0.305 e. The van der Waals surface area contributed by atoms with E-state index in [2.05, 4.69) is 54.6 Å². The van der Waals surface area contributed by atoms with E-state index < -0.39 is 0 Å². The van der Waals surface area contributed by atoms with Crippen LogP contribution in [0.2, 0.25) is 0 Å². The van der Waals surface area contributed by atoms with Crippen LogP contribution in [0.4, 0.5) is 0 Å². The Kier molecular flexibility index (Phi) is 3.59. The van der Waals surface area contributed by atoms with Crippen LogP contribution < -0.4 is 5.32 Å². The second-order valence-corrected chi connectivity index (χ2v) is 4.32. The number of hydrogen-bond donors (Lipinski definition) is 1. The molecule has 0 saturated heterocycles. The van der Waals surface area contributed by atoms with Gasteiger partial charge < -0.3 is 5.32 Å². The van der Waals surface area contributed by atoms with E-state index in [-0.39, 0.29) is 6.04 Å². The maximum absolute atomic E-state index is 4.48. The van der Waals surface area contributed by atoms with E-state index in [1.165, 1.54) is 11.1 Å². The Morgan fingerprint density at radius 2 is 1.94 bits per heavy atom. The monoisotopic (exact) mass is 229 g/mol. The van der Waals surface area contributed by atoms with E-state index in [9.17, 15) is 0 Å². The van der Waals surface area contributed by atoms with Crippen LogP contribution in [0.15, 0.2) is 36.5 Å². The normalized spacial score (nSPS) is 12.6. The van der Waals surface area contributed by atoms with Gasteiger partial charge in [-0.3, -0.25) is 4.68 Å². The number of aryl methyl sites for hydroxylation is 2. The van der Waals surface area contributed by atoms with Crippen LogP contribution >= 0.6 is 0 Å². The molecule has 0 fully saturated rings. The Bertz CT molecular complexity index is 470. The first-order chi connectivity index (χ1) is 8.20. The Labute approximate surface area is 102 Å². The quantitative estimate of drug-likeness (QED) is 0.872. The van der Waals surface area contributed by atoms with Crippen molar-refractivity contribution in [3.8, 4) is 0 Å². The second-order valence-electron chi connectivity index (χ2n) is 4.32. The van der Waals surface area contributed by atoms with Crippen molar-refractivity contribution in [3.05, 3.63) is 53.3 Å². The maximum Gasteiger partial charge on any atom is 0.0839 e. The number of nitrogens with one attached hydrogen (secondary N) is 1. The molecule has 0 saturated carbocycles. The molecule has 17 heavy (non-hydrogen) atoms. The second kappa shape index (κ2) is 5.15. The number of aromatic nitrogens is 2. The third kappa shape index (κ3) is 2.74. The molecule has 1 aromatic heterocycles. The summed E-state index contributed by atoms with van der Waals surface area (Å²) < 4.78 is 1.84. The standard InChI is InChI=1S/C14H19N3/c1-4-15-14(13-9-10-17(3)16-13)12-7-5-11(2)6-8-12/h5-10,14-15H,4H2,1-3H3. The first-order valence-electron chi connectivity index (χ1n) is 6.00. The van der Waals surface area contributed by atoms with Crippen LogP contribution in [-0.4, -0.2) is 16.3 Å². The van der Waals surface area contributed by atoms with Gasteiger partial charge in [-0.15, -0.1) is 0 Å². The fraction of sp³-hybridized carbons (Fsp3) is 0.357. The summed E-state index contributed by atoms with van der Waals surface area (Å²) in [6.45, 7) is 5.14. The van der Waals surface area contributed by atoms with E-state index in [0.717, 1.165) is 12.2 Å². The lowest BCUT2D eigenvalue weighted by Crippen LogP contribution is -2.22.